The van der Waals surface area contributed by atoms with E-state index in [0.29, 0.717) is 11.3 Å². The molecule has 1 atom stereocenters. The highest BCUT2D eigenvalue weighted by Crippen LogP contribution is 2.46. The summed E-state index contributed by atoms with van der Waals surface area (Å²) in [5, 5.41) is 18.6. The van der Waals surface area contributed by atoms with Gasteiger partial charge in [-0.1, -0.05) is 37.6 Å². The number of sulfonamides is 1. The minimum Gasteiger partial charge on any atom is -0.488 e. The second-order valence-corrected chi connectivity index (χ2v) is 11.4. The smallest absolute Gasteiger partial charge is 0.262 e. The Hall–Kier alpha value is -2.31. The topological polar surface area (TPSA) is 109 Å². The third-order valence-electron chi connectivity index (χ3n) is 6.37. The van der Waals surface area contributed by atoms with Crippen LogP contribution in [0, 0.1) is 16.7 Å². The first-order chi connectivity index (χ1) is 15.6. The molecule has 2 saturated carbocycles. The van der Waals surface area contributed by atoms with Gasteiger partial charge in [-0.2, -0.15) is 5.26 Å². The van der Waals surface area contributed by atoms with Crippen molar-refractivity contribution in [1.82, 2.24) is 0 Å². The Labute approximate surface area is 199 Å². The maximum Gasteiger partial charge on any atom is 0.262 e. The molecule has 0 saturated heterocycles. The minimum atomic E-state index is -4.01. The zero-order valence-corrected chi connectivity index (χ0v) is 20.2. The number of halogens is 1. The van der Waals surface area contributed by atoms with Gasteiger partial charge >= 0.3 is 0 Å². The van der Waals surface area contributed by atoms with E-state index in [-0.39, 0.29) is 45.2 Å². The number of ether oxygens (including phenoxy) is 2. The SMILES string of the molecule is CC1(C)CCC1Oc1cc(Cl)c(C#N)cc1NS(=O)(=O)c1cc(COCO)ccc1C1CC1. The molecule has 2 aromatic rings. The maximum absolute atomic E-state index is 13.5. The molecule has 1 unspecified atom stereocenters. The number of anilines is 1. The van der Waals surface area contributed by atoms with Crippen molar-refractivity contribution in [2.45, 2.75) is 63.1 Å². The molecule has 0 aliphatic heterocycles. The molecule has 0 amide bonds. The zero-order valence-electron chi connectivity index (χ0n) is 18.6. The summed E-state index contributed by atoms with van der Waals surface area (Å²) in [4.78, 5) is 0.160. The Bertz CT molecular complexity index is 1200. The van der Waals surface area contributed by atoms with E-state index in [1.54, 1.807) is 12.1 Å². The van der Waals surface area contributed by atoms with E-state index in [4.69, 9.17) is 26.2 Å². The van der Waals surface area contributed by atoms with Crippen LogP contribution in [-0.2, 0) is 21.4 Å². The number of rotatable bonds is 9. The molecule has 176 valence electrons. The predicted octanol–water partition coefficient (Wildman–Crippen LogP) is 4.92. The van der Waals surface area contributed by atoms with E-state index in [2.05, 4.69) is 18.6 Å². The van der Waals surface area contributed by atoms with Gasteiger partial charge < -0.3 is 14.6 Å². The van der Waals surface area contributed by atoms with Crippen molar-refractivity contribution in [3.8, 4) is 11.8 Å². The summed E-state index contributed by atoms with van der Waals surface area (Å²) in [5.41, 5.74) is 1.68. The minimum absolute atomic E-state index is 0.0310. The van der Waals surface area contributed by atoms with Crippen molar-refractivity contribution in [2.24, 2.45) is 5.41 Å². The van der Waals surface area contributed by atoms with E-state index < -0.39 is 16.8 Å². The van der Waals surface area contributed by atoms with Crippen molar-refractivity contribution in [3.63, 3.8) is 0 Å². The number of nitriles is 1. The van der Waals surface area contributed by atoms with Gasteiger partial charge in [-0.15, -0.1) is 0 Å². The summed E-state index contributed by atoms with van der Waals surface area (Å²) in [6.45, 7) is 3.83. The van der Waals surface area contributed by atoms with Crippen LogP contribution in [0.15, 0.2) is 35.2 Å². The second-order valence-electron chi connectivity index (χ2n) is 9.30. The molecule has 33 heavy (non-hydrogen) atoms. The average molecular weight is 491 g/mol. The van der Waals surface area contributed by atoms with Crippen LogP contribution < -0.4 is 9.46 Å². The van der Waals surface area contributed by atoms with Gasteiger partial charge in [0.2, 0.25) is 0 Å². The molecule has 2 aliphatic rings. The summed E-state index contributed by atoms with van der Waals surface area (Å²) in [7, 11) is -4.01. The van der Waals surface area contributed by atoms with Crippen molar-refractivity contribution in [3.05, 3.63) is 52.0 Å². The Morgan fingerprint density at radius 2 is 2.00 bits per heavy atom. The highest BCUT2D eigenvalue weighted by atomic mass is 35.5. The van der Waals surface area contributed by atoms with Crippen LogP contribution in [0.4, 0.5) is 5.69 Å². The average Bonchev–Trinajstić information content (AvgIpc) is 3.61. The second kappa shape index (κ2) is 9.15. The molecule has 9 heteroatoms. The molecule has 2 aliphatic carbocycles. The monoisotopic (exact) mass is 490 g/mol. The van der Waals surface area contributed by atoms with Gasteiger partial charge in [-0.05, 0) is 54.9 Å². The molecule has 2 N–H and O–H groups in total. The molecule has 2 aromatic carbocycles. The summed E-state index contributed by atoms with van der Waals surface area (Å²) in [6, 6.07) is 10.1. The third-order valence-corrected chi connectivity index (χ3v) is 8.10. The standard InChI is InChI=1S/C24H27ClN2O5S/c1-24(2)8-7-23(24)32-21-11-19(25)17(12-26)10-20(21)27-33(29,30)22-9-15(13-31-14-28)3-6-18(22)16-4-5-16/h3,6,9-11,16,23,27-28H,4-5,7-8,13-14H2,1-2H3. The van der Waals surface area contributed by atoms with E-state index in [1.807, 2.05) is 12.1 Å². The molecule has 0 bridgehead atoms. The van der Waals surface area contributed by atoms with Crippen LogP contribution in [-0.4, -0.2) is 26.4 Å². The largest absolute Gasteiger partial charge is 0.488 e. The Kier molecular flexibility index (Phi) is 6.61. The normalized spacial score (nSPS) is 19.4. The molecular formula is C24H27ClN2O5S. The lowest BCUT2D eigenvalue weighted by Crippen LogP contribution is -2.44. The Morgan fingerprint density at radius 1 is 1.24 bits per heavy atom. The molecule has 0 radical (unpaired) electrons. The van der Waals surface area contributed by atoms with Crippen molar-refractivity contribution in [1.29, 1.82) is 5.26 Å². The van der Waals surface area contributed by atoms with Crippen LogP contribution in [0.25, 0.3) is 0 Å². The summed E-state index contributed by atoms with van der Waals surface area (Å²) >= 11 is 6.24. The maximum atomic E-state index is 13.5. The zero-order chi connectivity index (χ0) is 23.8. The first kappa shape index (κ1) is 23.8. The molecule has 4 rings (SSSR count). The summed E-state index contributed by atoms with van der Waals surface area (Å²) in [6.07, 6.45) is 3.65. The van der Waals surface area contributed by atoms with Crippen LogP contribution in [0.5, 0.6) is 5.75 Å². The van der Waals surface area contributed by atoms with Gasteiger partial charge in [-0.25, -0.2) is 8.42 Å². The summed E-state index contributed by atoms with van der Waals surface area (Å²) < 4.78 is 40.9. The van der Waals surface area contributed by atoms with E-state index in [9.17, 15) is 13.7 Å². The van der Waals surface area contributed by atoms with E-state index in [1.165, 1.54) is 12.1 Å². The third kappa shape index (κ3) is 5.12. The highest BCUT2D eigenvalue weighted by molar-refractivity contribution is 7.92. The van der Waals surface area contributed by atoms with Crippen molar-refractivity contribution in [2.75, 3.05) is 11.5 Å². The van der Waals surface area contributed by atoms with E-state index >= 15 is 0 Å². The van der Waals surface area contributed by atoms with Crippen LogP contribution in [0.3, 0.4) is 0 Å². The molecule has 2 fully saturated rings. The Morgan fingerprint density at radius 3 is 2.58 bits per heavy atom. The molecule has 0 spiro atoms. The lowest BCUT2D eigenvalue weighted by Gasteiger charge is -2.44. The van der Waals surface area contributed by atoms with Crippen molar-refractivity contribution < 1.29 is 23.0 Å². The number of aliphatic hydroxyl groups is 1. The lowest BCUT2D eigenvalue weighted by atomic mass is 9.69. The first-order valence-electron chi connectivity index (χ1n) is 10.9. The van der Waals surface area contributed by atoms with Crippen LogP contribution in [0.1, 0.15) is 62.1 Å². The van der Waals surface area contributed by atoms with Crippen LogP contribution in [0.2, 0.25) is 5.02 Å². The fourth-order valence-corrected chi connectivity index (χ4v) is 5.63. The predicted molar refractivity (Wildman–Crippen MR) is 125 cm³/mol. The van der Waals surface area contributed by atoms with Crippen molar-refractivity contribution >= 4 is 27.3 Å². The number of hydrogen-bond donors (Lipinski definition) is 2. The Balaban J connectivity index is 1.71. The molecular weight excluding hydrogens is 464 g/mol. The number of aliphatic hydroxyl groups excluding tert-OH is 1. The van der Waals surface area contributed by atoms with E-state index in [0.717, 1.165) is 31.2 Å². The van der Waals surface area contributed by atoms with Gasteiger partial charge in [-0.3, -0.25) is 4.72 Å². The summed E-state index contributed by atoms with van der Waals surface area (Å²) in [5.74, 6) is 0.490. The van der Waals surface area contributed by atoms with Gasteiger partial charge in [0, 0.05) is 11.5 Å². The number of nitrogens with one attached hydrogen (secondary N) is 1. The van der Waals surface area contributed by atoms with Gasteiger partial charge in [0.05, 0.1) is 27.8 Å². The molecule has 0 heterocycles. The number of hydrogen-bond acceptors (Lipinski definition) is 6. The number of nitrogens with zero attached hydrogens (tertiary/aromatic N) is 1. The van der Waals surface area contributed by atoms with Gasteiger partial charge in [0.25, 0.3) is 10.0 Å². The van der Waals surface area contributed by atoms with Crippen LogP contribution >= 0.6 is 11.6 Å². The lowest BCUT2D eigenvalue weighted by molar-refractivity contribution is -0.0179. The van der Waals surface area contributed by atoms with Gasteiger partial charge in [0.15, 0.2) is 0 Å². The quantitative estimate of drug-likeness (QED) is 0.483. The fourth-order valence-electron chi connectivity index (χ4n) is 4.03. The van der Waals surface area contributed by atoms with Gasteiger partial charge in [0.1, 0.15) is 24.7 Å². The fraction of sp³-hybridized carbons (Fsp3) is 0.458. The molecule has 0 aromatic heterocycles. The highest BCUT2D eigenvalue weighted by Gasteiger charge is 2.41. The molecule has 7 nitrogen and oxygen atoms in total. The first-order valence-corrected chi connectivity index (χ1v) is 12.8. The number of benzene rings is 2.